The molecular weight excluding hydrogens is 149 g/mol. The molecule has 1 aromatic heterocycles. The molecule has 2 rings (SSSR count). The first-order chi connectivity index (χ1) is 5.77. The van der Waals surface area contributed by atoms with Gasteiger partial charge in [-0.15, -0.1) is 0 Å². The lowest BCUT2D eigenvalue weighted by Gasteiger charge is -1.96. The number of pyridine rings is 1. The molecule has 3 heteroatoms. The van der Waals surface area contributed by atoms with Crippen LogP contribution in [0.4, 0.5) is 0 Å². The Balaban J connectivity index is 2.96. The quantitative estimate of drug-likeness (QED) is 0.527. The molecule has 0 unspecified atom stereocenters. The standard InChI is InChI=1S/C9H8BNO/c10-7-1-2-8-6(5-7)3-4-11-9(8)12/h1-5H,10H2,(H,11,12). The Labute approximate surface area is 70.6 Å². The van der Waals surface area contributed by atoms with Crippen molar-refractivity contribution in [3.63, 3.8) is 0 Å². The van der Waals surface area contributed by atoms with Crippen molar-refractivity contribution in [2.45, 2.75) is 0 Å². The van der Waals surface area contributed by atoms with Crippen LogP contribution >= 0.6 is 0 Å². The smallest absolute Gasteiger partial charge is 0.255 e. The fourth-order valence-electron chi connectivity index (χ4n) is 1.31. The molecule has 0 saturated carbocycles. The summed E-state index contributed by atoms with van der Waals surface area (Å²) in [6, 6.07) is 7.70. The highest BCUT2D eigenvalue weighted by molar-refractivity contribution is 6.33. The summed E-state index contributed by atoms with van der Waals surface area (Å²) >= 11 is 0. The summed E-state index contributed by atoms with van der Waals surface area (Å²) in [4.78, 5) is 13.9. The zero-order valence-electron chi connectivity index (χ0n) is 6.79. The van der Waals surface area contributed by atoms with Gasteiger partial charge < -0.3 is 4.98 Å². The number of rotatable bonds is 0. The lowest BCUT2D eigenvalue weighted by Crippen LogP contribution is -2.07. The van der Waals surface area contributed by atoms with Crippen LogP contribution in [0.25, 0.3) is 10.8 Å². The zero-order chi connectivity index (χ0) is 8.55. The van der Waals surface area contributed by atoms with Gasteiger partial charge in [-0.1, -0.05) is 17.6 Å². The monoisotopic (exact) mass is 157 g/mol. The number of aromatic nitrogens is 1. The third-order valence-corrected chi connectivity index (χ3v) is 1.93. The van der Waals surface area contributed by atoms with Gasteiger partial charge in [-0.2, -0.15) is 0 Å². The van der Waals surface area contributed by atoms with Crippen molar-refractivity contribution in [3.05, 3.63) is 40.8 Å². The molecular formula is C9H8BNO. The Morgan fingerprint density at radius 3 is 2.92 bits per heavy atom. The van der Waals surface area contributed by atoms with Crippen LogP contribution in [0.1, 0.15) is 0 Å². The largest absolute Gasteiger partial charge is 0.329 e. The molecule has 0 fully saturated rings. The molecule has 1 heterocycles. The summed E-state index contributed by atoms with van der Waals surface area (Å²) in [5.74, 6) is 0. The SMILES string of the molecule is Bc1ccc2c(=O)[nH]ccc2c1. The lowest BCUT2D eigenvalue weighted by atomic mass is 9.94. The van der Waals surface area contributed by atoms with Crippen LogP contribution in [0.15, 0.2) is 35.3 Å². The highest BCUT2D eigenvalue weighted by Gasteiger charge is 1.95. The topological polar surface area (TPSA) is 32.9 Å². The van der Waals surface area contributed by atoms with Crippen LogP contribution < -0.4 is 11.0 Å². The van der Waals surface area contributed by atoms with E-state index in [1.54, 1.807) is 6.20 Å². The average molecular weight is 157 g/mol. The van der Waals surface area contributed by atoms with E-state index in [4.69, 9.17) is 0 Å². The Kier molecular flexibility index (Phi) is 1.50. The fraction of sp³-hybridized carbons (Fsp3) is 0. The maximum absolute atomic E-state index is 11.2. The van der Waals surface area contributed by atoms with E-state index in [9.17, 15) is 4.79 Å². The van der Waals surface area contributed by atoms with Crippen LogP contribution in [-0.2, 0) is 0 Å². The molecule has 0 saturated heterocycles. The second kappa shape index (κ2) is 2.52. The van der Waals surface area contributed by atoms with Gasteiger partial charge in [0.05, 0.1) is 0 Å². The molecule has 1 aromatic carbocycles. The number of hydrogen-bond donors (Lipinski definition) is 1. The van der Waals surface area contributed by atoms with Crippen LogP contribution in [-0.4, -0.2) is 12.8 Å². The van der Waals surface area contributed by atoms with E-state index >= 15 is 0 Å². The number of H-pyrrole nitrogens is 1. The summed E-state index contributed by atoms with van der Waals surface area (Å²) < 4.78 is 0. The van der Waals surface area contributed by atoms with Crippen molar-refractivity contribution >= 4 is 24.1 Å². The van der Waals surface area contributed by atoms with Crippen LogP contribution in [0.2, 0.25) is 0 Å². The molecule has 0 aliphatic carbocycles. The van der Waals surface area contributed by atoms with Gasteiger partial charge in [-0.25, -0.2) is 0 Å². The van der Waals surface area contributed by atoms with Gasteiger partial charge >= 0.3 is 0 Å². The van der Waals surface area contributed by atoms with Crippen molar-refractivity contribution in [1.29, 1.82) is 0 Å². The molecule has 1 N–H and O–H groups in total. The lowest BCUT2D eigenvalue weighted by molar-refractivity contribution is 1.28. The third-order valence-electron chi connectivity index (χ3n) is 1.93. The molecule has 0 aliphatic heterocycles. The zero-order valence-corrected chi connectivity index (χ0v) is 6.79. The van der Waals surface area contributed by atoms with Crippen molar-refractivity contribution in [2.24, 2.45) is 0 Å². The van der Waals surface area contributed by atoms with Gasteiger partial charge in [-0.05, 0) is 17.5 Å². The van der Waals surface area contributed by atoms with Gasteiger partial charge in [0.2, 0.25) is 0 Å². The van der Waals surface area contributed by atoms with Crippen molar-refractivity contribution in [3.8, 4) is 0 Å². The van der Waals surface area contributed by atoms with Crippen LogP contribution in [0.3, 0.4) is 0 Å². The molecule has 0 spiro atoms. The molecule has 58 valence electrons. The van der Waals surface area contributed by atoms with Crippen LogP contribution in [0.5, 0.6) is 0 Å². The number of aromatic amines is 1. The van der Waals surface area contributed by atoms with E-state index in [0.29, 0.717) is 0 Å². The average Bonchev–Trinajstić information content (AvgIpc) is 2.04. The van der Waals surface area contributed by atoms with Crippen molar-refractivity contribution in [1.82, 2.24) is 4.98 Å². The normalized spacial score (nSPS) is 10.3. The first-order valence-electron chi connectivity index (χ1n) is 3.85. The second-order valence-electron chi connectivity index (χ2n) is 2.90. The van der Waals surface area contributed by atoms with E-state index in [-0.39, 0.29) is 5.56 Å². The van der Waals surface area contributed by atoms with Crippen molar-refractivity contribution < 1.29 is 0 Å². The predicted molar refractivity (Wildman–Crippen MR) is 52.7 cm³/mol. The van der Waals surface area contributed by atoms with Gasteiger partial charge in [0.25, 0.3) is 5.56 Å². The Morgan fingerprint density at radius 2 is 2.08 bits per heavy atom. The second-order valence-corrected chi connectivity index (χ2v) is 2.90. The summed E-state index contributed by atoms with van der Waals surface area (Å²) in [6.45, 7) is 0. The minimum Gasteiger partial charge on any atom is -0.329 e. The minimum absolute atomic E-state index is 0.0208. The maximum Gasteiger partial charge on any atom is 0.255 e. The van der Waals surface area contributed by atoms with Crippen molar-refractivity contribution in [2.75, 3.05) is 0 Å². The Hall–Kier alpha value is -1.51. The number of hydrogen-bond acceptors (Lipinski definition) is 1. The highest BCUT2D eigenvalue weighted by atomic mass is 16.1. The first kappa shape index (κ1) is 7.16. The first-order valence-corrected chi connectivity index (χ1v) is 3.85. The summed E-state index contributed by atoms with van der Waals surface area (Å²) in [6.07, 6.45) is 1.67. The summed E-state index contributed by atoms with van der Waals surface area (Å²) in [7, 11) is 2.01. The molecule has 0 amide bonds. The van der Waals surface area contributed by atoms with E-state index in [0.717, 1.165) is 10.8 Å². The Bertz CT molecular complexity index is 475. The molecule has 0 aliphatic rings. The number of benzene rings is 1. The minimum atomic E-state index is -0.0208. The number of fused-ring (bicyclic) bond motifs is 1. The summed E-state index contributed by atoms with van der Waals surface area (Å²) in [5, 5.41) is 1.75. The molecule has 12 heavy (non-hydrogen) atoms. The Morgan fingerprint density at radius 1 is 1.25 bits per heavy atom. The van der Waals surface area contributed by atoms with E-state index in [2.05, 4.69) is 4.98 Å². The van der Waals surface area contributed by atoms with Gasteiger partial charge in [0.15, 0.2) is 0 Å². The highest BCUT2D eigenvalue weighted by Crippen LogP contribution is 2.04. The fourth-order valence-corrected chi connectivity index (χ4v) is 1.31. The molecule has 2 nitrogen and oxygen atoms in total. The third kappa shape index (κ3) is 1.03. The predicted octanol–water partition coefficient (Wildman–Crippen LogP) is -0.214. The molecule has 0 radical (unpaired) electrons. The van der Waals surface area contributed by atoms with E-state index in [1.807, 2.05) is 32.1 Å². The molecule has 2 aromatic rings. The van der Waals surface area contributed by atoms with Gasteiger partial charge in [0.1, 0.15) is 7.85 Å². The molecule has 0 atom stereocenters. The maximum atomic E-state index is 11.2. The van der Waals surface area contributed by atoms with Gasteiger partial charge in [0, 0.05) is 11.6 Å². The van der Waals surface area contributed by atoms with Crippen LogP contribution in [0, 0.1) is 0 Å². The molecule has 0 bridgehead atoms. The van der Waals surface area contributed by atoms with E-state index in [1.165, 1.54) is 5.46 Å². The number of nitrogens with one attached hydrogen (secondary N) is 1. The van der Waals surface area contributed by atoms with Gasteiger partial charge in [-0.3, -0.25) is 4.79 Å². The summed E-state index contributed by atoms with van der Waals surface area (Å²) in [5.41, 5.74) is 1.15. The van der Waals surface area contributed by atoms with E-state index < -0.39 is 0 Å².